The van der Waals surface area contributed by atoms with E-state index in [1.807, 2.05) is 31.2 Å². The van der Waals surface area contributed by atoms with Crippen LogP contribution in [0.4, 0.5) is 0 Å². The summed E-state index contributed by atoms with van der Waals surface area (Å²) in [5, 5.41) is 8.98. The Labute approximate surface area is 156 Å². The first-order valence-electron chi connectivity index (χ1n) is 8.57. The molecule has 0 amide bonds. The predicted octanol–water partition coefficient (Wildman–Crippen LogP) is 2.37. The molecule has 1 aliphatic rings. The van der Waals surface area contributed by atoms with Crippen molar-refractivity contribution in [3.8, 4) is 11.5 Å². The standard InChI is InChI=1S/C18H28N2O4.ClH/c1-3-20(14-18(21)22)15-8-10-19(11-9-15)12-13-24-17-6-4-16(23-2)5-7-17;/h4-7,15H,3,8-14H2,1-2H3,(H,21,22);1H. The molecule has 0 atom stereocenters. The number of nitrogens with zero attached hydrogens (tertiary/aromatic N) is 2. The number of carboxylic acid groups (broad SMARTS) is 1. The van der Waals surface area contributed by atoms with Crippen LogP contribution in [-0.2, 0) is 4.79 Å². The van der Waals surface area contributed by atoms with Crippen LogP contribution in [-0.4, -0.2) is 73.4 Å². The summed E-state index contributed by atoms with van der Waals surface area (Å²) in [6.45, 7) is 6.49. The fraction of sp³-hybridized carbons (Fsp3) is 0.611. The summed E-state index contributed by atoms with van der Waals surface area (Å²) in [6, 6.07) is 7.99. The van der Waals surface area contributed by atoms with Gasteiger partial charge in [0.15, 0.2) is 0 Å². The molecule has 1 aromatic carbocycles. The topological polar surface area (TPSA) is 62.2 Å². The Morgan fingerprint density at radius 2 is 1.84 bits per heavy atom. The van der Waals surface area contributed by atoms with Crippen LogP contribution in [0.25, 0.3) is 0 Å². The fourth-order valence-electron chi connectivity index (χ4n) is 3.15. The molecule has 0 saturated carbocycles. The number of methoxy groups -OCH3 is 1. The average Bonchev–Trinajstić information content (AvgIpc) is 2.61. The molecule has 1 saturated heterocycles. The number of carbonyl (C=O) groups is 1. The quantitative estimate of drug-likeness (QED) is 0.718. The first kappa shape index (κ1) is 21.5. The molecule has 142 valence electrons. The Balaban J connectivity index is 0.00000312. The summed E-state index contributed by atoms with van der Waals surface area (Å²) in [4.78, 5) is 15.4. The maximum atomic E-state index is 10.9. The lowest BCUT2D eigenvalue weighted by atomic mass is 10.0. The van der Waals surface area contributed by atoms with Crippen molar-refractivity contribution in [1.82, 2.24) is 9.80 Å². The van der Waals surface area contributed by atoms with Crippen LogP contribution in [0.5, 0.6) is 11.5 Å². The number of piperidine rings is 1. The Bertz CT molecular complexity index is 504. The van der Waals surface area contributed by atoms with Gasteiger partial charge in [0.2, 0.25) is 0 Å². The lowest BCUT2D eigenvalue weighted by Crippen LogP contribution is -2.47. The minimum absolute atomic E-state index is 0. The molecule has 2 rings (SSSR count). The van der Waals surface area contributed by atoms with E-state index in [2.05, 4.69) is 9.80 Å². The van der Waals surface area contributed by atoms with Gasteiger partial charge in [0, 0.05) is 12.6 Å². The zero-order chi connectivity index (χ0) is 17.4. The van der Waals surface area contributed by atoms with E-state index in [4.69, 9.17) is 14.6 Å². The highest BCUT2D eigenvalue weighted by Crippen LogP contribution is 2.18. The molecule has 1 aromatic rings. The third kappa shape index (κ3) is 7.10. The maximum absolute atomic E-state index is 10.9. The molecule has 25 heavy (non-hydrogen) atoms. The number of carboxylic acids is 1. The molecular formula is C18H29ClN2O4. The van der Waals surface area contributed by atoms with Crippen LogP contribution in [0.15, 0.2) is 24.3 Å². The van der Waals surface area contributed by atoms with Gasteiger partial charge in [-0.3, -0.25) is 14.6 Å². The highest BCUT2D eigenvalue weighted by atomic mass is 35.5. The highest BCUT2D eigenvalue weighted by molar-refractivity contribution is 5.85. The minimum atomic E-state index is -0.743. The van der Waals surface area contributed by atoms with Gasteiger partial charge in [-0.1, -0.05) is 6.92 Å². The van der Waals surface area contributed by atoms with Gasteiger partial charge in [-0.25, -0.2) is 0 Å². The molecule has 0 bridgehead atoms. The second-order valence-corrected chi connectivity index (χ2v) is 6.05. The van der Waals surface area contributed by atoms with Crippen molar-refractivity contribution in [2.24, 2.45) is 0 Å². The zero-order valence-corrected chi connectivity index (χ0v) is 15.8. The van der Waals surface area contributed by atoms with Crippen molar-refractivity contribution in [3.63, 3.8) is 0 Å². The van der Waals surface area contributed by atoms with Crippen LogP contribution >= 0.6 is 12.4 Å². The van der Waals surface area contributed by atoms with E-state index in [1.165, 1.54) is 0 Å². The minimum Gasteiger partial charge on any atom is -0.497 e. The van der Waals surface area contributed by atoms with Gasteiger partial charge in [-0.05, 0) is 56.7 Å². The van der Waals surface area contributed by atoms with Crippen molar-refractivity contribution in [2.45, 2.75) is 25.8 Å². The molecule has 1 heterocycles. The van der Waals surface area contributed by atoms with Crippen molar-refractivity contribution < 1.29 is 19.4 Å². The molecule has 7 heteroatoms. The van der Waals surface area contributed by atoms with Crippen LogP contribution in [0.1, 0.15) is 19.8 Å². The van der Waals surface area contributed by atoms with Crippen molar-refractivity contribution in [3.05, 3.63) is 24.3 Å². The van der Waals surface area contributed by atoms with E-state index in [0.717, 1.165) is 50.5 Å². The lowest BCUT2D eigenvalue weighted by Gasteiger charge is -2.37. The molecule has 0 aromatic heterocycles. The Kier molecular flexibility index (Phi) is 9.63. The molecule has 0 aliphatic carbocycles. The third-order valence-corrected chi connectivity index (χ3v) is 4.55. The molecule has 1 fully saturated rings. The number of aliphatic carboxylic acids is 1. The van der Waals surface area contributed by atoms with Gasteiger partial charge in [-0.2, -0.15) is 0 Å². The summed E-state index contributed by atoms with van der Waals surface area (Å²) in [7, 11) is 1.65. The largest absolute Gasteiger partial charge is 0.497 e. The van der Waals surface area contributed by atoms with E-state index >= 15 is 0 Å². The molecule has 6 nitrogen and oxygen atoms in total. The number of hydrogen-bond acceptors (Lipinski definition) is 5. The van der Waals surface area contributed by atoms with Crippen LogP contribution < -0.4 is 9.47 Å². The van der Waals surface area contributed by atoms with Gasteiger partial charge < -0.3 is 14.6 Å². The van der Waals surface area contributed by atoms with Gasteiger partial charge in [-0.15, -0.1) is 12.4 Å². The molecule has 0 spiro atoms. The van der Waals surface area contributed by atoms with E-state index in [0.29, 0.717) is 12.6 Å². The molecule has 0 radical (unpaired) electrons. The van der Waals surface area contributed by atoms with Gasteiger partial charge in [0.1, 0.15) is 18.1 Å². The number of rotatable bonds is 9. The third-order valence-electron chi connectivity index (χ3n) is 4.55. The maximum Gasteiger partial charge on any atom is 0.317 e. The van der Waals surface area contributed by atoms with Crippen molar-refractivity contribution >= 4 is 18.4 Å². The first-order valence-corrected chi connectivity index (χ1v) is 8.57. The van der Waals surface area contributed by atoms with Crippen LogP contribution in [0.2, 0.25) is 0 Å². The molecule has 1 aliphatic heterocycles. The number of hydrogen-bond donors (Lipinski definition) is 1. The van der Waals surface area contributed by atoms with Crippen molar-refractivity contribution in [2.75, 3.05) is 46.4 Å². The number of halogens is 1. The molecular weight excluding hydrogens is 344 g/mol. The van der Waals surface area contributed by atoms with Crippen LogP contribution in [0, 0.1) is 0 Å². The van der Waals surface area contributed by atoms with Crippen molar-refractivity contribution in [1.29, 1.82) is 0 Å². The Morgan fingerprint density at radius 1 is 1.24 bits per heavy atom. The van der Waals surface area contributed by atoms with Gasteiger partial charge >= 0.3 is 5.97 Å². The molecule has 1 N–H and O–H groups in total. The van der Waals surface area contributed by atoms with Gasteiger partial charge in [0.05, 0.1) is 13.7 Å². The summed E-state index contributed by atoms with van der Waals surface area (Å²) in [5.41, 5.74) is 0. The van der Waals surface area contributed by atoms with Gasteiger partial charge in [0.25, 0.3) is 0 Å². The lowest BCUT2D eigenvalue weighted by molar-refractivity contribution is -0.139. The van der Waals surface area contributed by atoms with E-state index in [9.17, 15) is 4.79 Å². The Morgan fingerprint density at radius 3 is 2.36 bits per heavy atom. The first-order chi connectivity index (χ1) is 11.6. The normalized spacial score (nSPS) is 15.6. The predicted molar refractivity (Wildman–Crippen MR) is 100 cm³/mol. The summed E-state index contributed by atoms with van der Waals surface area (Å²) in [6.07, 6.45) is 2.04. The SMILES string of the molecule is CCN(CC(=O)O)C1CCN(CCOc2ccc(OC)cc2)CC1.Cl. The summed E-state index contributed by atoms with van der Waals surface area (Å²) < 4.78 is 10.9. The summed E-state index contributed by atoms with van der Waals surface area (Å²) >= 11 is 0. The fourth-order valence-corrected chi connectivity index (χ4v) is 3.15. The van der Waals surface area contributed by atoms with E-state index in [1.54, 1.807) is 7.11 Å². The summed E-state index contributed by atoms with van der Waals surface area (Å²) in [5.74, 6) is 0.933. The smallest absolute Gasteiger partial charge is 0.317 e. The number of likely N-dealkylation sites (N-methyl/N-ethyl adjacent to an activating group) is 1. The zero-order valence-electron chi connectivity index (χ0n) is 15.0. The molecule has 0 unspecified atom stereocenters. The average molecular weight is 373 g/mol. The number of likely N-dealkylation sites (tertiary alicyclic amines) is 1. The van der Waals surface area contributed by atoms with Crippen LogP contribution in [0.3, 0.4) is 0 Å². The highest BCUT2D eigenvalue weighted by Gasteiger charge is 2.24. The second-order valence-electron chi connectivity index (χ2n) is 6.05. The van der Waals surface area contributed by atoms with E-state index in [-0.39, 0.29) is 19.0 Å². The number of benzene rings is 1. The Hall–Kier alpha value is -1.50. The second kappa shape index (κ2) is 11.2. The number of ether oxygens (including phenoxy) is 2. The van der Waals surface area contributed by atoms with E-state index < -0.39 is 5.97 Å². The monoisotopic (exact) mass is 372 g/mol.